The first-order valence-corrected chi connectivity index (χ1v) is 7.25. The van der Waals surface area contributed by atoms with Gasteiger partial charge in [-0.05, 0) is 63.0 Å². The molecule has 2 nitrogen and oxygen atoms in total. The Balaban J connectivity index is 2.40. The molecule has 0 radical (unpaired) electrons. The summed E-state index contributed by atoms with van der Waals surface area (Å²) in [6.45, 7) is 1.97. The average molecular weight is 375 g/mol. The third-order valence-electron chi connectivity index (χ3n) is 2.34. The second-order valence-corrected chi connectivity index (χ2v) is 6.55. The number of thiophene rings is 1. The minimum atomic E-state index is 0.00278. The number of nitrogens with two attached hydrogens (primary N) is 1. The molecular formula is C12H9Br2NOS. The van der Waals surface area contributed by atoms with Gasteiger partial charge >= 0.3 is 0 Å². The summed E-state index contributed by atoms with van der Waals surface area (Å²) in [6.07, 6.45) is 0. The number of carbonyl (C=O) groups excluding carboxylic acids is 1. The monoisotopic (exact) mass is 373 g/mol. The minimum Gasteiger partial charge on any atom is -0.398 e. The molecule has 1 aromatic heterocycles. The lowest BCUT2D eigenvalue weighted by Crippen LogP contribution is -2.00. The Morgan fingerprint density at radius 2 is 1.94 bits per heavy atom. The smallest absolute Gasteiger partial charge is 0.203 e. The Bertz CT molecular complexity index is 573. The first-order chi connectivity index (χ1) is 7.99. The normalized spacial score (nSPS) is 10.5. The van der Waals surface area contributed by atoms with Crippen LogP contribution in [0.1, 0.15) is 20.1 Å². The van der Waals surface area contributed by atoms with E-state index in [9.17, 15) is 4.79 Å². The van der Waals surface area contributed by atoms with Crippen LogP contribution in [0.2, 0.25) is 0 Å². The van der Waals surface area contributed by atoms with E-state index in [1.165, 1.54) is 11.3 Å². The zero-order valence-corrected chi connectivity index (χ0v) is 12.9. The highest BCUT2D eigenvalue weighted by molar-refractivity contribution is 9.11. The molecule has 2 N–H and O–H groups in total. The van der Waals surface area contributed by atoms with Crippen LogP contribution in [0.5, 0.6) is 0 Å². The highest BCUT2D eigenvalue weighted by atomic mass is 79.9. The van der Waals surface area contributed by atoms with Crippen molar-refractivity contribution in [3.05, 3.63) is 48.5 Å². The average Bonchev–Trinajstić information content (AvgIpc) is 2.62. The van der Waals surface area contributed by atoms with E-state index < -0.39 is 0 Å². The third-order valence-corrected chi connectivity index (χ3v) is 5.20. The molecule has 2 rings (SSSR count). The highest BCUT2D eigenvalue weighted by Crippen LogP contribution is 2.29. The van der Waals surface area contributed by atoms with Crippen LogP contribution in [0.3, 0.4) is 0 Å². The van der Waals surface area contributed by atoms with Crippen LogP contribution in [-0.2, 0) is 0 Å². The molecule has 0 aliphatic carbocycles. The van der Waals surface area contributed by atoms with Crippen molar-refractivity contribution < 1.29 is 4.79 Å². The molecule has 2 aromatic rings. The van der Waals surface area contributed by atoms with Crippen molar-refractivity contribution in [2.24, 2.45) is 0 Å². The standard InChI is InChI=1S/C12H9Br2NOS/c1-6-9(14)5-11(17-6)12(16)7-2-3-8(13)10(15)4-7/h2-5H,15H2,1H3. The number of hydrogen-bond donors (Lipinski definition) is 1. The number of halogens is 2. The van der Waals surface area contributed by atoms with Crippen LogP contribution in [0.15, 0.2) is 33.2 Å². The van der Waals surface area contributed by atoms with Crippen LogP contribution in [0.4, 0.5) is 5.69 Å². The van der Waals surface area contributed by atoms with Gasteiger partial charge in [0.25, 0.3) is 0 Å². The Kier molecular flexibility index (Phi) is 3.70. The number of ketones is 1. The van der Waals surface area contributed by atoms with E-state index in [1.54, 1.807) is 18.2 Å². The Morgan fingerprint density at radius 1 is 1.24 bits per heavy atom. The van der Waals surface area contributed by atoms with Gasteiger partial charge in [0, 0.05) is 25.1 Å². The molecule has 1 aromatic carbocycles. The van der Waals surface area contributed by atoms with E-state index in [-0.39, 0.29) is 5.78 Å². The van der Waals surface area contributed by atoms with E-state index in [4.69, 9.17) is 5.73 Å². The van der Waals surface area contributed by atoms with E-state index in [1.807, 2.05) is 13.0 Å². The largest absolute Gasteiger partial charge is 0.398 e. The maximum Gasteiger partial charge on any atom is 0.203 e. The zero-order valence-electron chi connectivity index (χ0n) is 8.96. The van der Waals surface area contributed by atoms with Crippen LogP contribution in [0, 0.1) is 6.92 Å². The lowest BCUT2D eigenvalue weighted by Gasteiger charge is -2.01. The second-order valence-electron chi connectivity index (χ2n) is 3.58. The number of hydrogen-bond acceptors (Lipinski definition) is 3. The maximum absolute atomic E-state index is 12.2. The molecule has 0 fully saturated rings. The van der Waals surface area contributed by atoms with Crippen LogP contribution < -0.4 is 5.73 Å². The summed E-state index contributed by atoms with van der Waals surface area (Å²) in [4.78, 5) is 14.0. The lowest BCUT2D eigenvalue weighted by molar-refractivity contribution is 0.104. The molecule has 0 aliphatic rings. The summed E-state index contributed by atoms with van der Waals surface area (Å²) in [6, 6.07) is 7.10. The summed E-state index contributed by atoms with van der Waals surface area (Å²) in [7, 11) is 0. The van der Waals surface area contributed by atoms with Gasteiger partial charge in [-0.3, -0.25) is 4.79 Å². The fourth-order valence-electron chi connectivity index (χ4n) is 1.40. The minimum absolute atomic E-state index is 0.00278. The zero-order chi connectivity index (χ0) is 12.6. The quantitative estimate of drug-likeness (QED) is 0.625. The van der Waals surface area contributed by atoms with Crippen molar-refractivity contribution in [3.63, 3.8) is 0 Å². The predicted octanol–water partition coefficient (Wildman–Crippen LogP) is 4.39. The first-order valence-electron chi connectivity index (χ1n) is 4.84. The van der Waals surface area contributed by atoms with Gasteiger partial charge < -0.3 is 5.73 Å². The number of carbonyl (C=O) groups is 1. The molecule has 0 spiro atoms. The van der Waals surface area contributed by atoms with Gasteiger partial charge in [0.05, 0.1) is 4.88 Å². The molecule has 0 saturated carbocycles. The van der Waals surface area contributed by atoms with Crippen molar-refractivity contribution in [2.45, 2.75) is 6.92 Å². The van der Waals surface area contributed by atoms with Crippen molar-refractivity contribution in [2.75, 3.05) is 5.73 Å². The second kappa shape index (κ2) is 4.92. The number of benzene rings is 1. The number of rotatable bonds is 2. The van der Waals surface area contributed by atoms with Gasteiger partial charge in [0.2, 0.25) is 5.78 Å². The summed E-state index contributed by atoms with van der Waals surface area (Å²) < 4.78 is 1.77. The molecule has 0 amide bonds. The molecule has 0 bridgehead atoms. The molecule has 17 heavy (non-hydrogen) atoms. The van der Waals surface area contributed by atoms with Gasteiger partial charge in [-0.25, -0.2) is 0 Å². The number of nitrogen functional groups attached to an aromatic ring is 1. The highest BCUT2D eigenvalue weighted by Gasteiger charge is 2.14. The van der Waals surface area contributed by atoms with Crippen LogP contribution >= 0.6 is 43.2 Å². The van der Waals surface area contributed by atoms with Crippen LogP contribution in [-0.4, -0.2) is 5.78 Å². The van der Waals surface area contributed by atoms with Gasteiger partial charge in [-0.1, -0.05) is 0 Å². The van der Waals surface area contributed by atoms with E-state index in [0.29, 0.717) is 11.3 Å². The molecule has 88 valence electrons. The van der Waals surface area contributed by atoms with Gasteiger partial charge in [0.1, 0.15) is 0 Å². The van der Waals surface area contributed by atoms with Crippen LogP contribution in [0.25, 0.3) is 0 Å². The predicted molar refractivity (Wildman–Crippen MR) is 78.7 cm³/mol. The molecule has 0 saturated heterocycles. The lowest BCUT2D eigenvalue weighted by atomic mass is 10.1. The fourth-order valence-corrected chi connectivity index (χ4v) is 3.14. The number of aryl methyl sites for hydroxylation is 1. The molecule has 0 atom stereocenters. The van der Waals surface area contributed by atoms with E-state index in [2.05, 4.69) is 31.9 Å². The SMILES string of the molecule is Cc1sc(C(=O)c2ccc(Br)c(N)c2)cc1Br. The van der Waals surface area contributed by atoms with Crippen molar-refractivity contribution in [1.29, 1.82) is 0 Å². The number of anilines is 1. The molecule has 5 heteroatoms. The maximum atomic E-state index is 12.2. The summed E-state index contributed by atoms with van der Waals surface area (Å²) in [5.41, 5.74) is 6.95. The van der Waals surface area contributed by atoms with Crippen molar-refractivity contribution in [3.8, 4) is 0 Å². The first kappa shape index (κ1) is 12.8. The molecule has 0 unspecified atom stereocenters. The van der Waals surface area contributed by atoms with E-state index in [0.717, 1.165) is 18.7 Å². The summed E-state index contributed by atoms with van der Waals surface area (Å²) in [5, 5.41) is 0. The third kappa shape index (κ3) is 2.61. The van der Waals surface area contributed by atoms with Crippen molar-refractivity contribution in [1.82, 2.24) is 0 Å². The van der Waals surface area contributed by atoms with Gasteiger partial charge in [-0.2, -0.15) is 0 Å². The Hall–Kier alpha value is -0.650. The topological polar surface area (TPSA) is 43.1 Å². The Labute approximate surface area is 120 Å². The molecule has 1 heterocycles. The Morgan fingerprint density at radius 3 is 2.47 bits per heavy atom. The summed E-state index contributed by atoms with van der Waals surface area (Å²) >= 11 is 8.20. The van der Waals surface area contributed by atoms with Gasteiger partial charge in [-0.15, -0.1) is 11.3 Å². The molecule has 0 aliphatic heterocycles. The van der Waals surface area contributed by atoms with Gasteiger partial charge in [0.15, 0.2) is 0 Å². The molecular weight excluding hydrogens is 366 g/mol. The summed E-state index contributed by atoms with van der Waals surface area (Å²) in [5.74, 6) is 0.00278. The fraction of sp³-hybridized carbons (Fsp3) is 0.0833. The van der Waals surface area contributed by atoms with E-state index >= 15 is 0 Å². The van der Waals surface area contributed by atoms with Crippen molar-refractivity contribution >= 4 is 54.7 Å².